The van der Waals surface area contributed by atoms with Crippen molar-refractivity contribution in [3.8, 4) is 0 Å². The maximum Gasteiger partial charge on any atom is 0.220 e. The maximum atomic E-state index is 13.3. The van der Waals surface area contributed by atoms with E-state index in [1.54, 1.807) is 6.07 Å². The van der Waals surface area contributed by atoms with Crippen molar-refractivity contribution < 1.29 is 13.6 Å². The Morgan fingerprint density at radius 2 is 2.05 bits per heavy atom. The van der Waals surface area contributed by atoms with E-state index in [1.807, 2.05) is 25.7 Å². The van der Waals surface area contributed by atoms with Crippen LogP contribution >= 0.6 is 0 Å². The number of carbonyl (C=O) groups is 1. The Labute approximate surface area is 130 Å². The molecule has 0 unspecified atom stereocenters. The highest BCUT2D eigenvalue weighted by Gasteiger charge is 2.24. The number of benzene rings is 1. The molecule has 3 nitrogen and oxygen atoms in total. The number of nitrogens with one attached hydrogen (secondary N) is 1. The van der Waals surface area contributed by atoms with Crippen LogP contribution in [-0.4, -0.2) is 25.5 Å². The van der Waals surface area contributed by atoms with Gasteiger partial charge in [-0.05, 0) is 29.9 Å². The molecule has 122 valence electrons. The molecule has 0 radical (unpaired) electrons. The quantitative estimate of drug-likeness (QED) is 0.925. The third-order valence-corrected chi connectivity index (χ3v) is 3.83. The summed E-state index contributed by atoms with van der Waals surface area (Å²) >= 11 is 0. The van der Waals surface area contributed by atoms with Crippen LogP contribution in [0.3, 0.4) is 0 Å². The first kappa shape index (κ1) is 16.7. The molecular weight excluding hydrogens is 286 g/mol. The van der Waals surface area contributed by atoms with Crippen LogP contribution in [0.2, 0.25) is 0 Å². The van der Waals surface area contributed by atoms with Crippen LogP contribution in [0.4, 0.5) is 14.5 Å². The zero-order chi connectivity index (χ0) is 16.3. The van der Waals surface area contributed by atoms with Crippen LogP contribution in [0.15, 0.2) is 18.2 Å². The standard InChI is InChI=1S/C17H24F2N2O/c1-17(2,3)9-16(22)20-10-12-6-7-21(11-12)13-4-5-14(18)15(19)8-13/h4-5,8,12H,6-7,9-11H2,1-3H3,(H,20,22)/t12-/m1/s1. The number of nitrogens with zero attached hydrogens (tertiary/aromatic N) is 1. The third-order valence-electron chi connectivity index (χ3n) is 3.83. The van der Waals surface area contributed by atoms with Gasteiger partial charge in [-0.2, -0.15) is 0 Å². The van der Waals surface area contributed by atoms with E-state index in [-0.39, 0.29) is 11.3 Å². The minimum atomic E-state index is -0.825. The molecule has 0 spiro atoms. The Morgan fingerprint density at radius 1 is 1.32 bits per heavy atom. The van der Waals surface area contributed by atoms with Crippen LogP contribution in [-0.2, 0) is 4.79 Å². The number of anilines is 1. The zero-order valence-corrected chi connectivity index (χ0v) is 13.5. The van der Waals surface area contributed by atoms with Gasteiger partial charge in [-0.3, -0.25) is 4.79 Å². The fraction of sp³-hybridized carbons (Fsp3) is 0.588. The van der Waals surface area contributed by atoms with Gasteiger partial charge in [0.05, 0.1) is 0 Å². The van der Waals surface area contributed by atoms with Crippen molar-refractivity contribution in [3.05, 3.63) is 29.8 Å². The Kier molecular flexibility index (Phi) is 5.04. The molecule has 2 rings (SSSR count). The highest BCUT2D eigenvalue weighted by atomic mass is 19.2. The van der Waals surface area contributed by atoms with E-state index in [0.717, 1.165) is 25.6 Å². The van der Waals surface area contributed by atoms with Gasteiger partial charge in [0.15, 0.2) is 11.6 Å². The summed E-state index contributed by atoms with van der Waals surface area (Å²) in [5.41, 5.74) is 0.680. The molecule has 1 fully saturated rings. The largest absolute Gasteiger partial charge is 0.371 e. The minimum Gasteiger partial charge on any atom is -0.371 e. The summed E-state index contributed by atoms with van der Waals surface area (Å²) in [6, 6.07) is 3.98. The monoisotopic (exact) mass is 310 g/mol. The Bertz CT molecular complexity index is 540. The second kappa shape index (κ2) is 6.63. The summed E-state index contributed by atoms with van der Waals surface area (Å²) in [6.45, 7) is 8.29. The van der Waals surface area contributed by atoms with Crippen molar-refractivity contribution in [2.75, 3.05) is 24.5 Å². The molecule has 1 N–H and O–H groups in total. The van der Waals surface area contributed by atoms with Crippen molar-refractivity contribution in [1.82, 2.24) is 5.32 Å². The number of hydrogen-bond donors (Lipinski definition) is 1. The lowest BCUT2D eigenvalue weighted by Crippen LogP contribution is -2.33. The lowest BCUT2D eigenvalue weighted by atomic mass is 9.92. The maximum absolute atomic E-state index is 13.3. The van der Waals surface area contributed by atoms with E-state index in [4.69, 9.17) is 0 Å². The topological polar surface area (TPSA) is 32.3 Å². The van der Waals surface area contributed by atoms with E-state index in [1.165, 1.54) is 6.07 Å². The Morgan fingerprint density at radius 3 is 2.68 bits per heavy atom. The van der Waals surface area contributed by atoms with Gasteiger partial charge in [0, 0.05) is 37.8 Å². The van der Waals surface area contributed by atoms with E-state index < -0.39 is 11.6 Å². The average molecular weight is 310 g/mol. The van der Waals surface area contributed by atoms with E-state index in [0.29, 0.717) is 24.6 Å². The number of hydrogen-bond acceptors (Lipinski definition) is 2. The molecule has 1 amide bonds. The second-order valence-corrected chi connectivity index (χ2v) is 7.24. The number of amides is 1. The van der Waals surface area contributed by atoms with Crippen molar-refractivity contribution in [3.63, 3.8) is 0 Å². The number of halogens is 2. The molecule has 1 atom stereocenters. The molecule has 22 heavy (non-hydrogen) atoms. The highest BCUT2D eigenvalue weighted by molar-refractivity contribution is 5.76. The average Bonchev–Trinajstić information content (AvgIpc) is 2.86. The number of carbonyl (C=O) groups excluding carboxylic acids is 1. The molecule has 1 aliphatic rings. The third kappa shape index (κ3) is 4.68. The zero-order valence-electron chi connectivity index (χ0n) is 13.5. The van der Waals surface area contributed by atoms with Gasteiger partial charge in [-0.1, -0.05) is 20.8 Å². The molecule has 5 heteroatoms. The van der Waals surface area contributed by atoms with Crippen LogP contribution in [0.1, 0.15) is 33.6 Å². The van der Waals surface area contributed by atoms with Gasteiger partial charge in [0.25, 0.3) is 0 Å². The SMILES string of the molecule is CC(C)(C)CC(=O)NC[C@H]1CCN(c2ccc(F)c(F)c2)C1. The summed E-state index contributed by atoms with van der Waals surface area (Å²) in [6.07, 6.45) is 1.45. The fourth-order valence-corrected chi connectivity index (χ4v) is 2.72. The predicted octanol–water partition coefficient (Wildman–Crippen LogP) is 3.34. The van der Waals surface area contributed by atoms with Gasteiger partial charge < -0.3 is 10.2 Å². The lowest BCUT2D eigenvalue weighted by Gasteiger charge is -2.20. The smallest absolute Gasteiger partial charge is 0.220 e. The molecule has 0 aliphatic carbocycles. The molecule has 0 saturated carbocycles. The van der Waals surface area contributed by atoms with Crippen molar-refractivity contribution in [1.29, 1.82) is 0 Å². The molecular formula is C17H24F2N2O. The molecule has 1 heterocycles. The van der Waals surface area contributed by atoms with Gasteiger partial charge in [0.2, 0.25) is 5.91 Å². The van der Waals surface area contributed by atoms with Gasteiger partial charge in [-0.25, -0.2) is 8.78 Å². The normalized spacial score (nSPS) is 18.6. The van der Waals surface area contributed by atoms with Crippen LogP contribution in [0.5, 0.6) is 0 Å². The van der Waals surface area contributed by atoms with Crippen molar-refractivity contribution >= 4 is 11.6 Å². The fourth-order valence-electron chi connectivity index (χ4n) is 2.72. The first-order chi connectivity index (χ1) is 10.2. The minimum absolute atomic E-state index is 0.0164. The second-order valence-electron chi connectivity index (χ2n) is 7.24. The van der Waals surface area contributed by atoms with Crippen molar-refractivity contribution in [2.24, 2.45) is 11.3 Å². The lowest BCUT2D eigenvalue weighted by molar-refractivity contribution is -0.122. The van der Waals surface area contributed by atoms with Gasteiger partial charge in [-0.15, -0.1) is 0 Å². The highest BCUT2D eigenvalue weighted by Crippen LogP contribution is 2.25. The summed E-state index contributed by atoms with van der Waals surface area (Å²) < 4.78 is 26.2. The van der Waals surface area contributed by atoms with E-state index in [9.17, 15) is 13.6 Å². The summed E-state index contributed by atoms with van der Waals surface area (Å²) in [5, 5.41) is 2.97. The molecule has 0 aromatic heterocycles. The Hall–Kier alpha value is -1.65. The molecule has 1 aromatic carbocycles. The van der Waals surface area contributed by atoms with Crippen molar-refractivity contribution in [2.45, 2.75) is 33.6 Å². The molecule has 1 aromatic rings. The summed E-state index contributed by atoms with van der Waals surface area (Å²) in [4.78, 5) is 13.9. The first-order valence-electron chi connectivity index (χ1n) is 7.71. The molecule has 0 bridgehead atoms. The van der Waals surface area contributed by atoms with Crippen LogP contribution in [0, 0.1) is 23.0 Å². The first-order valence-corrected chi connectivity index (χ1v) is 7.71. The van der Waals surface area contributed by atoms with Gasteiger partial charge >= 0.3 is 0 Å². The predicted molar refractivity (Wildman–Crippen MR) is 83.8 cm³/mol. The molecule has 1 aliphatic heterocycles. The van der Waals surface area contributed by atoms with E-state index in [2.05, 4.69) is 5.32 Å². The van der Waals surface area contributed by atoms with E-state index >= 15 is 0 Å². The summed E-state index contributed by atoms with van der Waals surface area (Å²) in [5.74, 6) is -1.23. The Balaban J connectivity index is 1.83. The van der Waals surface area contributed by atoms with Crippen LogP contribution in [0.25, 0.3) is 0 Å². The number of rotatable bonds is 4. The van der Waals surface area contributed by atoms with Gasteiger partial charge in [0.1, 0.15) is 0 Å². The molecule has 1 saturated heterocycles. The van der Waals surface area contributed by atoms with Crippen LogP contribution < -0.4 is 10.2 Å². The summed E-state index contributed by atoms with van der Waals surface area (Å²) in [7, 11) is 0.